The molecule has 0 radical (unpaired) electrons. The molecule has 4 aromatic rings. The Morgan fingerprint density at radius 1 is 1.12 bits per heavy atom. The van der Waals surface area contributed by atoms with Gasteiger partial charge in [-0.2, -0.15) is 0 Å². The molecule has 1 aliphatic rings. The summed E-state index contributed by atoms with van der Waals surface area (Å²) in [4.78, 5) is 19.5. The van der Waals surface area contributed by atoms with Gasteiger partial charge < -0.3 is 15.8 Å². The molecule has 1 aromatic heterocycles. The number of ether oxygens (including phenoxy) is 1. The highest BCUT2D eigenvalue weighted by molar-refractivity contribution is 6.36. The Balaban J connectivity index is 1.23. The molecule has 2 heterocycles. The van der Waals surface area contributed by atoms with Gasteiger partial charge in [-0.05, 0) is 54.8 Å². The molecule has 6 nitrogen and oxygen atoms in total. The van der Waals surface area contributed by atoms with E-state index in [0.717, 1.165) is 37.2 Å². The van der Waals surface area contributed by atoms with Gasteiger partial charge in [0.15, 0.2) is 11.6 Å². The van der Waals surface area contributed by atoms with Crippen LogP contribution in [0.5, 0.6) is 5.75 Å². The Hall–Kier alpha value is -3.65. The lowest BCUT2D eigenvalue weighted by atomic mass is 10.0. The Kier molecular flexibility index (Phi) is 8.54. The minimum atomic E-state index is -0.680. The van der Waals surface area contributed by atoms with Gasteiger partial charge in [-0.1, -0.05) is 65.7 Å². The van der Waals surface area contributed by atoms with Crippen molar-refractivity contribution in [1.29, 1.82) is 0 Å². The number of benzene rings is 3. The van der Waals surface area contributed by atoms with Crippen molar-refractivity contribution in [3.8, 4) is 16.9 Å². The normalized spacial score (nSPS) is 16.1. The molecular formula is C31H29Cl2FN4O2. The molecule has 2 atom stereocenters. The number of nitrogens with two attached hydrogens (primary N) is 1. The van der Waals surface area contributed by atoms with Crippen LogP contribution in [0.4, 0.5) is 10.2 Å². The van der Waals surface area contributed by atoms with Crippen LogP contribution in [-0.2, 0) is 6.54 Å². The first-order valence-corrected chi connectivity index (χ1v) is 13.8. The Bertz CT molecular complexity index is 1500. The summed E-state index contributed by atoms with van der Waals surface area (Å²) in [5.74, 6) is -0.203. The highest BCUT2D eigenvalue weighted by atomic mass is 35.5. The van der Waals surface area contributed by atoms with Gasteiger partial charge in [0.25, 0.3) is 5.91 Å². The second-order valence-electron chi connectivity index (χ2n) is 9.88. The van der Waals surface area contributed by atoms with Gasteiger partial charge in [0, 0.05) is 53.6 Å². The lowest BCUT2D eigenvalue weighted by molar-refractivity contribution is 0.0937. The fraction of sp³-hybridized carbons (Fsp3) is 0.226. The van der Waals surface area contributed by atoms with E-state index in [1.54, 1.807) is 31.3 Å². The minimum absolute atomic E-state index is 0.0990. The maximum absolute atomic E-state index is 14.0. The van der Waals surface area contributed by atoms with Crippen molar-refractivity contribution in [2.75, 3.05) is 18.8 Å². The van der Waals surface area contributed by atoms with Crippen molar-refractivity contribution < 1.29 is 13.9 Å². The number of anilines is 1. The van der Waals surface area contributed by atoms with Crippen LogP contribution >= 0.6 is 23.2 Å². The fourth-order valence-corrected chi connectivity index (χ4v) is 5.57. The largest absolute Gasteiger partial charge is 0.482 e. The molecule has 40 heavy (non-hydrogen) atoms. The van der Waals surface area contributed by atoms with E-state index in [4.69, 9.17) is 33.7 Å². The summed E-state index contributed by atoms with van der Waals surface area (Å²) in [6, 6.07) is 22.1. The minimum Gasteiger partial charge on any atom is -0.482 e. The molecule has 1 aliphatic heterocycles. The monoisotopic (exact) mass is 578 g/mol. The van der Waals surface area contributed by atoms with E-state index >= 15 is 0 Å². The van der Waals surface area contributed by atoms with Crippen LogP contribution < -0.4 is 15.8 Å². The third-order valence-corrected chi connectivity index (χ3v) is 7.72. The molecule has 0 aliphatic carbocycles. The van der Waals surface area contributed by atoms with Gasteiger partial charge >= 0.3 is 0 Å². The van der Waals surface area contributed by atoms with E-state index in [-0.39, 0.29) is 27.8 Å². The highest BCUT2D eigenvalue weighted by Gasteiger charge is 2.24. The predicted octanol–water partition coefficient (Wildman–Crippen LogP) is 6.92. The van der Waals surface area contributed by atoms with Gasteiger partial charge in [-0.15, -0.1) is 0 Å². The van der Waals surface area contributed by atoms with E-state index in [9.17, 15) is 9.18 Å². The second-order valence-corrected chi connectivity index (χ2v) is 10.7. The van der Waals surface area contributed by atoms with Gasteiger partial charge in [-0.3, -0.25) is 9.69 Å². The summed E-state index contributed by atoms with van der Waals surface area (Å²) < 4.78 is 20.0. The Labute approximate surface area is 242 Å². The van der Waals surface area contributed by atoms with Crippen LogP contribution in [0.2, 0.25) is 10.0 Å². The van der Waals surface area contributed by atoms with Gasteiger partial charge in [0.2, 0.25) is 0 Å². The SMILES string of the molecule is CC(Oc1cc(-c2ccc(C(=O)N[C@H]3CCN(Cc4ccccc4)C3)cc2)cnc1N)c1c(Cl)ccc(F)c1Cl. The second kappa shape index (κ2) is 12.3. The number of hydrogen-bond acceptors (Lipinski definition) is 5. The number of pyridine rings is 1. The number of carbonyl (C=O) groups excluding carboxylic acids is 1. The van der Waals surface area contributed by atoms with Crippen molar-refractivity contribution in [2.45, 2.75) is 32.0 Å². The molecular weight excluding hydrogens is 550 g/mol. The first kappa shape index (κ1) is 27.9. The van der Waals surface area contributed by atoms with E-state index in [0.29, 0.717) is 16.9 Å². The first-order valence-electron chi connectivity index (χ1n) is 13.0. The van der Waals surface area contributed by atoms with Crippen LogP contribution in [-0.4, -0.2) is 34.9 Å². The summed E-state index contributed by atoms with van der Waals surface area (Å²) in [7, 11) is 0. The lowest BCUT2D eigenvalue weighted by Gasteiger charge is -2.19. The van der Waals surface area contributed by atoms with Crippen molar-refractivity contribution >= 4 is 34.9 Å². The average Bonchev–Trinajstić information content (AvgIpc) is 3.39. The van der Waals surface area contributed by atoms with Crippen LogP contribution in [0.3, 0.4) is 0 Å². The van der Waals surface area contributed by atoms with Crippen LogP contribution in [0.15, 0.2) is 79.0 Å². The molecule has 206 valence electrons. The first-order chi connectivity index (χ1) is 19.3. The lowest BCUT2D eigenvalue weighted by Crippen LogP contribution is -2.36. The standard InChI is InChI=1S/C31H29Cl2FN4O2/c1-19(28-25(32)11-12-26(34)29(28)33)40-27-15-23(16-36-30(27)35)21-7-9-22(10-8-21)31(39)37-24-13-14-38(18-24)17-20-5-3-2-4-6-20/h2-12,15-16,19,24H,13-14,17-18H2,1H3,(H2,35,36)(H,37,39)/t19?,24-/m0/s1. The quantitative estimate of drug-likeness (QED) is 0.222. The van der Waals surface area contributed by atoms with Gasteiger partial charge in [0.1, 0.15) is 11.9 Å². The number of rotatable bonds is 8. The third kappa shape index (κ3) is 6.39. The van der Waals surface area contributed by atoms with Crippen molar-refractivity contribution in [2.24, 2.45) is 0 Å². The average molecular weight is 580 g/mol. The van der Waals surface area contributed by atoms with Crippen LogP contribution in [0.25, 0.3) is 11.1 Å². The van der Waals surface area contributed by atoms with E-state index in [2.05, 4.69) is 27.3 Å². The number of aromatic nitrogens is 1. The molecule has 1 fully saturated rings. The number of amides is 1. The van der Waals surface area contributed by atoms with Crippen LogP contribution in [0, 0.1) is 5.82 Å². The summed E-state index contributed by atoms with van der Waals surface area (Å²) in [6.45, 7) is 4.36. The number of nitrogens with zero attached hydrogens (tertiary/aromatic N) is 2. The van der Waals surface area contributed by atoms with Crippen molar-refractivity contribution in [1.82, 2.24) is 15.2 Å². The summed E-state index contributed by atoms with van der Waals surface area (Å²) in [6.07, 6.45) is 1.87. The summed E-state index contributed by atoms with van der Waals surface area (Å²) >= 11 is 12.4. The maximum atomic E-state index is 14.0. The molecule has 1 saturated heterocycles. The number of likely N-dealkylation sites (tertiary alicyclic amines) is 1. The number of halogens is 3. The number of carbonyl (C=O) groups is 1. The maximum Gasteiger partial charge on any atom is 0.251 e. The smallest absolute Gasteiger partial charge is 0.251 e. The Morgan fingerprint density at radius 3 is 2.62 bits per heavy atom. The summed E-state index contributed by atoms with van der Waals surface area (Å²) in [5, 5.41) is 3.35. The van der Waals surface area contributed by atoms with Crippen molar-refractivity contribution in [3.63, 3.8) is 0 Å². The van der Waals surface area contributed by atoms with E-state index in [1.807, 2.05) is 30.3 Å². The summed E-state index contributed by atoms with van der Waals surface area (Å²) in [5.41, 5.74) is 9.81. The molecule has 0 saturated carbocycles. The number of hydrogen-bond donors (Lipinski definition) is 2. The zero-order valence-corrected chi connectivity index (χ0v) is 23.4. The molecule has 3 aromatic carbocycles. The molecule has 0 bridgehead atoms. The molecule has 5 rings (SSSR count). The molecule has 0 spiro atoms. The number of nitrogens with one attached hydrogen (secondary N) is 1. The molecule has 1 unspecified atom stereocenters. The highest BCUT2D eigenvalue weighted by Crippen LogP contribution is 2.37. The topological polar surface area (TPSA) is 80.5 Å². The fourth-order valence-electron chi connectivity index (χ4n) is 4.89. The van der Waals surface area contributed by atoms with E-state index < -0.39 is 11.9 Å². The number of nitrogen functional groups attached to an aromatic ring is 1. The van der Waals surface area contributed by atoms with Gasteiger partial charge in [0.05, 0.1) is 5.02 Å². The zero-order valence-electron chi connectivity index (χ0n) is 21.9. The van der Waals surface area contributed by atoms with Crippen molar-refractivity contribution in [3.05, 3.63) is 112 Å². The third-order valence-electron chi connectivity index (χ3n) is 7.01. The van der Waals surface area contributed by atoms with Crippen LogP contribution in [0.1, 0.15) is 40.9 Å². The molecule has 3 N–H and O–H groups in total. The Morgan fingerprint density at radius 2 is 1.88 bits per heavy atom. The predicted molar refractivity (Wildman–Crippen MR) is 157 cm³/mol. The zero-order chi connectivity index (χ0) is 28.2. The molecule has 1 amide bonds. The van der Waals surface area contributed by atoms with E-state index in [1.165, 1.54) is 17.7 Å². The molecule has 9 heteroatoms. The van der Waals surface area contributed by atoms with Gasteiger partial charge in [-0.25, -0.2) is 9.37 Å².